The van der Waals surface area contributed by atoms with E-state index in [-0.39, 0.29) is 17.4 Å². The maximum atomic E-state index is 14.2. The quantitative estimate of drug-likeness (QED) is 0.676. The predicted molar refractivity (Wildman–Crippen MR) is 114 cm³/mol. The first-order chi connectivity index (χ1) is 13.4. The van der Waals surface area contributed by atoms with Crippen molar-refractivity contribution < 1.29 is 9.18 Å². The van der Waals surface area contributed by atoms with E-state index in [2.05, 4.69) is 0 Å². The van der Waals surface area contributed by atoms with Gasteiger partial charge in [0.05, 0.1) is 5.56 Å². The largest absolute Gasteiger partial charge is 0.404 e. The average molecular weight is 382 g/mol. The van der Waals surface area contributed by atoms with Crippen LogP contribution in [0.25, 0.3) is 0 Å². The van der Waals surface area contributed by atoms with Crippen molar-refractivity contribution in [3.63, 3.8) is 0 Å². The molecule has 2 rings (SSSR count). The molecule has 0 saturated carbocycles. The minimum Gasteiger partial charge on any atom is -0.404 e. The van der Waals surface area contributed by atoms with Crippen LogP contribution in [-0.4, -0.2) is 32.3 Å². The standard InChI is InChI=1S/C22H27FN4O/c1-16(2)14-27(22(28)20-9-4-5-10-21(20)23)19-8-6-7-18(11-19)26(3)15-17(12-24)13-25/h4-13,16,24H,14-15,25H2,1-3H3/b17-13+,24-12?. The fourth-order valence-electron chi connectivity index (χ4n) is 2.86. The number of carbonyl (C=O) groups is 1. The van der Waals surface area contributed by atoms with Gasteiger partial charge in [-0.2, -0.15) is 0 Å². The Balaban J connectivity index is 2.38. The van der Waals surface area contributed by atoms with Gasteiger partial charge in [0.1, 0.15) is 5.82 Å². The lowest BCUT2D eigenvalue weighted by molar-refractivity contribution is 0.0980. The van der Waals surface area contributed by atoms with Crippen LogP contribution in [0.1, 0.15) is 24.2 Å². The fourth-order valence-corrected chi connectivity index (χ4v) is 2.86. The average Bonchev–Trinajstić information content (AvgIpc) is 2.69. The number of benzene rings is 2. The maximum absolute atomic E-state index is 14.2. The molecule has 0 atom stereocenters. The minimum absolute atomic E-state index is 0.0547. The van der Waals surface area contributed by atoms with E-state index in [1.54, 1.807) is 17.0 Å². The van der Waals surface area contributed by atoms with E-state index < -0.39 is 5.82 Å². The molecule has 0 aliphatic carbocycles. The van der Waals surface area contributed by atoms with Gasteiger partial charge in [-0.3, -0.25) is 4.79 Å². The molecular formula is C22H27FN4O. The number of amides is 1. The molecule has 5 nitrogen and oxygen atoms in total. The Kier molecular flexibility index (Phi) is 7.32. The number of rotatable bonds is 8. The van der Waals surface area contributed by atoms with E-state index in [1.165, 1.54) is 24.5 Å². The third kappa shape index (κ3) is 5.19. The second-order valence-corrected chi connectivity index (χ2v) is 7.05. The fraction of sp³-hybridized carbons (Fsp3) is 0.273. The van der Waals surface area contributed by atoms with Crippen LogP contribution in [0.4, 0.5) is 15.8 Å². The zero-order valence-corrected chi connectivity index (χ0v) is 16.5. The molecule has 0 radical (unpaired) electrons. The molecule has 0 aliphatic heterocycles. The summed E-state index contributed by atoms with van der Waals surface area (Å²) in [7, 11) is 1.89. The predicted octanol–water partition coefficient (Wildman–Crippen LogP) is 4.06. The van der Waals surface area contributed by atoms with Crippen molar-refractivity contribution in [1.29, 1.82) is 5.41 Å². The summed E-state index contributed by atoms with van der Waals surface area (Å²) in [6, 6.07) is 13.5. The second-order valence-electron chi connectivity index (χ2n) is 7.05. The van der Waals surface area contributed by atoms with Crippen LogP contribution in [0.15, 0.2) is 60.3 Å². The number of anilines is 2. The summed E-state index contributed by atoms with van der Waals surface area (Å²) < 4.78 is 14.2. The Morgan fingerprint density at radius 3 is 2.46 bits per heavy atom. The van der Waals surface area contributed by atoms with Gasteiger partial charge in [-0.25, -0.2) is 4.39 Å². The van der Waals surface area contributed by atoms with E-state index >= 15 is 0 Å². The minimum atomic E-state index is -0.529. The SMILES string of the molecule is CC(C)CN(C(=O)c1ccccc1F)c1cccc(N(C)C/C(C=N)=C/N)c1. The van der Waals surface area contributed by atoms with Gasteiger partial charge in [-0.1, -0.05) is 32.0 Å². The van der Waals surface area contributed by atoms with Crippen molar-refractivity contribution in [1.82, 2.24) is 0 Å². The number of nitrogens with one attached hydrogen (secondary N) is 1. The summed E-state index contributed by atoms with van der Waals surface area (Å²) in [6.45, 7) is 4.96. The first-order valence-electron chi connectivity index (χ1n) is 9.16. The topological polar surface area (TPSA) is 73.4 Å². The van der Waals surface area contributed by atoms with Gasteiger partial charge in [-0.05, 0) is 36.2 Å². The van der Waals surface area contributed by atoms with Gasteiger partial charge < -0.3 is 20.9 Å². The highest BCUT2D eigenvalue weighted by atomic mass is 19.1. The number of nitrogens with two attached hydrogens (primary N) is 1. The number of nitrogens with zero attached hydrogens (tertiary/aromatic N) is 2. The summed E-state index contributed by atoms with van der Waals surface area (Å²) in [5.41, 5.74) is 7.83. The Morgan fingerprint density at radius 1 is 1.18 bits per heavy atom. The lowest BCUT2D eigenvalue weighted by Crippen LogP contribution is -2.35. The van der Waals surface area contributed by atoms with E-state index in [0.717, 1.165) is 5.69 Å². The molecule has 6 heteroatoms. The molecule has 0 aromatic heterocycles. The Morgan fingerprint density at radius 2 is 1.86 bits per heavy atom. The summed E-state index contributed by atoms with van der Waals surface area (Å²) in [5.74, 6) is -0.686. The molecule has 0 bridgehead atoms. The number of hydrogen-bond donors (Lipinski definition) is 2. The monoisotopic (exact) mass is 382 g/mol. The molecular weight excluding hydrogens is 355 g/mol. The molecule has 148 valence electrons. The zero-order valence-electron chi connectivity index (χ0n) is 16.5. The number of hydrogen-bond acceptors (Lipinski definition) is 4. The van der Waals surface area contributed by atoms with Crippen LogP contribution >= 0.6 is 0 Å². The molecule has 28 heavy (non-hydrogen) atoms. The molecule has 3 N–H and O–H groups in total. The number of halogens is 1. The van der Waals surface area contributed by atoms with Crippen LogP contribution in [0, 0.1) is 17.1 Å². The lowest BCUT2D eigenvalue weighted by Gasteiger charge is -2.27. The third-order valence-corrected chi connectivity index (χ3v) is 4.30. The van der Waals surface area contributed by atoms with E-state index in [4.69, 9.17) is 11.1 Å². The van der Waals surface area contributed by atoms with Gasteiger partial charge in [0.2, 0.25) is 0 Å². The van der Waals surface area contributed by atoms with Crippen LogP contribution in [-0.2, 0) is 0 Å². The maximum Gasteiger partial charge on any atom is 0.261 e. The summed E-state index contributed by atoms with van der Waals surface area (Å²) in [4.78, 5) is 16.6. The van der Waals surface area contributed by atoms with Crippen LogP contribution in [0.5, 0.6) is 0 Å². The van der Waals surface area contributed by atoms with Crippen LogP contribution < -0.4 is 15.5 Å². The lowest BCUT2D eigenvalue weighted by atomic mass is 10.1. The zero-order chi connectivity index (χ0) is 20.7. The smallest absolute Gasteiger partial charge is 0.261 e. The molecule has 0 heterocycles. The van der Waals surface area contributed by atoms with E-state index in [0.29, 0.717) is 24.4 Å². The summed E-state index contributed by atoms with van der Waals surface area (Å²) in [6.07, 6.45) is 2.62. The number of likely N-dealkylation sites (N-methyl/N-ethyl adjacent to an activating group) is 1. The van der Waals surface area contributed by atoms with Crippen molar-refractivity contribution in [2.45, 2.75) is 13.8 Å². The van der Waals surface area contributed by atoms with Crippen molar-refractivity contribution in [2.75, 3.05) is 29.9 Å². The number of carbonyl (C=O) groups excluding carboxylic acids is 1. The van der Waals surface area contributed by atoms with Crippen molar-refractivity contribution in [3.05, 3.63) is 71.7 Å². The second kappa shape index (κ2) is 9.69. The molecule has 0 fully saturated rings. The first-order valence-corrected chi connectivity index (χ1v) is 9.16. The van der Waals surface area contributed by atoms with Gasteiger partial charge >= 0.3 is 0 Å². The highest BCUT2D eigenvalue weighted by molar-refractivity contribution is 6.06. The van der Waals surface area contributed by atoms with Gasteiger partial charge in [0.15, 0.2) is 0 Å². The molecule has 1 amide bonds. The third-order valence-electron chi connectivity index (χ3n) is 4.30. The van der Waals surface area contributed by atoms with Crippen LogP contribution in [0.3, 0.4) is 0 Å². The molecule has 0 aliphatic rings. The van der Waals surface area contributed by atoms with Crippen molar-refractivity contribution in [3.8, 4) is 0 Å². The highest BCUT2D eigenvalue weighted by Crippen LogP contribution is 2.25. The van der Waals surface area contributed by atoms with Gasteiger partial charge in [0.25, 0.3) is 5.91 Å². The molecule has 2 aromatic rings. The van der Waals surface area contributed by atoms with E-state index in [1.807, 2.05) is 50.1 Å². The highest BCUT2D eigenvalue weighted by Gasteiger charge is 2.22. The first kappa shape index (κ1) is 21.2. The van der Waals surface area contributed by atoms with Gasteiger partial charge in [0, 0.05) is 49.5 Å². The Bertz CT molecular complexity index is 863. The van der Waals surface area contributed by atoms with Crippen molar-refractivity contribution >= 4 is 23.5 Å². The van der Waals surface area contributed by atoms with E-state index in [9.17, 15) is 9.18 Å². The summed E-state index contributed by atoms with van der Waals surface area (Å²) >= 11 is 0. The Labute approximate surface area is 165 Å². The van der Waals surface area contributed by atoms with Gasteiger partial charge in [-0.15, -0.1) is 0 Å². The molecule has 0 spiro atoms. The normalized spacial score (nSPS) is 11.4. The molecule has 0 saturated heterocycles. The van der Waals surface area contributed by atoms with Crippen molar-refractivity contribution in [2.24, 2.45) is 11.7 Å². The summed E-state index contributed by atoms with van der Waals surface area (Å²) in [5, 5.41) is 7.39. The molecule has 2 aromatic carbocycles. The Hall–Kier alpha value is -3.15. The molecule has 0 unspecified atom stereocenters. The van der Waals surface area contributed by atoms with Crippen LogP contribution in [0.2, 0.25) is 0 Å².